The van der Waals surface area contributed by atoms with Gasteiger partial charge in [-0.25, -0.2) is 0 Å². The quantitative estimate of drug-likeness (QED) is 0.564. The average Bonchev–Trinajstić information content (AvgIpc) is 2.14. The second kappa shape index (κ2) is 2.30. The minimum absolute atomic E-state index is 0.727. The molecule has 1 N–H and O–H groups in total. The number of hydrogen-bond acceptors (Lipinski definition) is 1. The summed E-state index contributed by atoms with van der Waals surface area (Å²) in [5.74, 6) is 0. The van der Waals surface area contributed by atoms with Crippen LogP contribution in [0.25, 0.3) is 0 Å². The molecule has 0 aliphatic rings. The molecule has 2 nitrogen and oxygen atoms in total. The first kappa shape index (κ1) is 5.81. The molecule has 0 saturated carbocycles. The van der Waals surface area contributed by atoms with Gasteiger partial charge in [0.1, 0.15) is 0 Å². The Morgan fingerprint density at radius 2 is 2.50 bits per heavy atom. The molecule has 42 valence electrons. The highest BCUT2D eigenvalue weighted by atomic mass is 127. The van der Waals surface area contributed by atoms with E-state index in [1.165, 1.54) is 0 Å². The number of aldehydes is 1. The minimum Gasteiger partial charge on any atom is -0.356 e. The second-order valence-electron chi connectivity index (χ2n) is 1.36. The number of halogens is 1. The van der Waals surface area contributed by atoms with Crippen LogP contribution in [-0.4, -0.2) is 11.3 Å². The Hall–Kier alpha value is -0.320. The Labute approximate surface area is 60.4 Å². The molecular weight excluding hydrogens is 217 g/mol. The largest absolute Gasteiger partial charge is 0.356 e. The van der Waals surface area contributed by atoms with Crippen molar-refractivity contribution >= 4 is 28.9 Å². The third-order valence-electron chi connectivity index (χ3n) is 0.853. The van der Waals surface area contributed by atoms with Crippen molar-refractivity contribution in [3.8, 4) is 0 Å². The van der Waals surface area contributed by atoms with Crippen molar-refractivity contribution in [1.82, 2.24) is 4.98 Å². The van der Waals surface area contributed by atoms with E-state index in [9.17, 15) is 4.79 Å². The summed E-state index contributed by atoms with van der Waals surface area (Å²) in [7, 11) is 0. The predicted molar refractivity (Wildman–Crippen MR) is 38.9 cm³/mol. The van der Waals surface area contributed by atoms with Gasteiger partial charge in [0.2, 0.25) is 0 Å². The first-order valence-corrected chi connectivity index (χ1v) is 3.20. The van der Waals surface area contributed by atoms with E-state index >= 15 is 0 Å². The van der Waals surface area contributed by atoms with Gasteiger partial charge in [0, 0.05) is 11.8 Å². The van der Waals surface area contributed by atoms with Gasteiger partial charge in [0.15, 0.2) is 6.29 Å². The van der Waals surface area contributed by atoms with Crippen LogP contribution in [0.2, 0.25) is 0 Å². The van der Waals surface area contributed by atoms with Crippen LogP contribution in [0.15, 0.2) is 12.3 Å². The van der Waals surface area contributed by atoms with E-state index in [1.54, 1.807) is 12.3 Å². The molecule has 0 unspecified atom stereocenters. The van der Waals surface area contributed by atoms with Crippen molar-refractivity contribution in [2.75, 3.05) is 0 Å². The number of H-pyrrole nitrogens is 1. The molecule has 0 radical (unpaired) electrons. The molecule has 0 amide bonds. The second-order valence-corrected chi connectivity index (χ2v) is 2.44. The first-order chi connectivity index (χ1) is 3.84. The maximum Gasteiger partial charge on any atom is 0.152 e. The topological polar surface area (TPSA) is 32.9 Å². The van der Waals surface area contributed by atoms with Crippen LogP contribution in [0.3, 0.4) is 0 Å². The highest BCUT2D eigenvalue weighted by Crippen LogP contribution is 2.05. The molecular formula is C5H4INO. The highest BCUT2D eigenvalue weighted by Gasteiger charge is 1.94. The molecule has 0 spiro atoms. The van der Waals surface area contributed by atoms with Crippen LogP contribution in [0.5, 0.6) is 0 Å². The van der Waals surface area contributed by atoms with Gasteiger partial charge in [-0.15, -0.1) is 0 Å². The fourth-order valence-electron chi connectivity index (χ4n) is 0.452. The molecule has 0 atom stereocenters. The van der Waals surface area contributed by atoms with Crippen molar-refractivity contribution in [1.29, 1.82) is 0 Å². The lowest BCUT2D eigenvalue weighted by molar-refractivity contribution is 0.112. The minimum atomic E-state index is 0.727. The summed E-state index contributed by atoms with van der Waals surface area (Å²) in [6, 6.07) is 1.74. The number of aromatic nitrogens is 1. The molecule has 0 aliphatic carbocycles. The van der Waals surface area contributed by atoms with Gasteiger partial charge in [-0.05, 0) is 28.7 Å². The summed E-state index contributed by atoms with van der Waals surface area (Å²) < 4.78 is 0.901. The maximum atomic E-state index is 10.1. The van der Waals surface area contributed by atoms with Gasteiger partial charge in [0.25, 0.3) is 0 Å². The predicted octanol–water partition coefficient (Wildman–Crippen LogP) is 1.43. The van der Waals surface area contributed by atoms with E-state index in [0.29, 0.717) is 0 Å². The molecule has 1 heterocycles. The van der Waals surface area contributed by atoms with Crippen LogP contribution in [0.1, 0.15) is 10.4 Å². The maximum absolute atomic E-state index is 10.1. The van der Waals surface area contributed by atoms with Crippen molar-refractivity contribution in [2.24, 2.45) is 0 Å². The number of nitrogens with one attached hydrogen (secondary N) is 1. The molecule has 1 aromatic heterocycles. The standard InChI is InChI=1S/C5H4INO/c6-5-4(3-8)1-2-7-5/h1-3,7H. The zero-order chi connectivity index (χ0) is 5.98. The van der Waals surface area contributed by atoms with Crippen LogP contribution < -0.4 is 0 Å². The van der Waals surface area contributed by atoms with E-state index in [-0.39, 0.29) is 0 Å². The number of rotatable bonds is 1. The molecule has 8 heavy (non-hydrogen) atoms. The molecule has 0 fully saturated rings. The summed E-state index contributed by atoms with van der Waals surface area (Å²) in [6.45, 7) is 0. The third-order valence-corrected chi connectivity index (χ3v) is 1.79. The van der Waals surface area contributed by atoms with Gasteiger partial charge in [-0.3, -0.25) is 4.79 Å². The zero-order valence-electron chi connectivity index (χ0n) is 4.02. The smallest absolute Gasteiger partial charge is 0.152 e. The van der Waals surface area contributed by atoms with E-state index in [4.69, 9.17) is 0 Å². The van der Waals surface area contributed by atoms with E-state index in [2.05, 4.69) is 27.6 Å². The van der Waals surface area contributed by atoms with E-state index in [0.717, 1.165) is 15.6 Å². The Bertz CT molecular complexity index is 194. The lowest BCUT2D eigenvalue weighted by Gasteiger charge is -1.78. The SMILES string of the molecule is O=Cc1cc[nH]c1I. The first-order valence-electron chi connectivity index (χ1n) is 2.12. The summed E-state index contributed by atoms with van der Waals surface area (Å²) in [6.07, 6.45) is 2.57. The van der Waals surface area contributed by atoms with Crippen LogP contribution in [0, 0.1) is 3.70 Å². The number of carbonyl (C=O) groups is 1. The number of aromatic amines is 1. The molecule has 1 aromatic rings. The lowest BCUT2D eigenvalue weighted by Crippen LogP contribution is -1.76. The van der Waals surface area contributed by atoms with Crippen LogP contribution >= 0.6 is 22.6 Å². The summed E-state index contributed by atoms with van der Waals surface area (Å²) >= 11 is 2.07. The fraction of sp³-hybridized carbons (Fsp3) is 0. The molecule has 1 rings (SSSR count). The van der Waals surface area contributed by atoms with E-state index in [1.807, 2.05) is 0 Å². The molecule has 0 aromatic carbocycles. The van der Waals surface area contributed by atoms with Gasteiger partial charge in [-0.2, -0.15) is 0 Å². The third kappa shape index (κ3) is 0.912. The van der Waals surface area contributed by atoms with Gasteiger partial charge in [0.05, 0.1) is 3.70 Å². The van der Waals surface area contributed by atoms with Crippen molar-refractivity contribution in [3.05, 3.63) is 21.5 Å². The molecule has 3 heteroatoms. The van der Waals surface area contributed by atoms with Gasteiger partial charge in [-0.1, -0.05) is 0 Å². The van der Waals surface area contributed by atoms with Crippen molar-refractivity contribution < 1.29 is 4.79 Å². The number of carbonyl (C=O) groups excluding carboxylic acids is 1. The molecule has 0 bridgehead atoms. The van der Waals surface area contributed by atoms with Crippen LogP contribution in [-0.2, 0) is 0 Å². The van der Waals surface area contributed by atoms with Gasteiger partial charge >= 0.3 is 0 Å². The molecule has 0 aliphatic heterocycles. The zero-order valence-corrected chi connectivity index (χ0v) is 6.18. The Balaban J connectivity index is 3.09. The van der Waals surface area contributed by atoms with E-state index < -0.39 is 0 Å². The Kier molecular flexibility index (Phi) is 1.67. The van der Waals surface area contributed by atoms with Crippen molar-refractivity contribution in [2.45, 2.75) is 0 Å². The monoisotopic (exact) mass is 221 g/mol. The lowest BCUT2D eigenvalue weighted by atomic mass is 10.4. The Morgan fingerprint density at radius 3 is 2.75 bits per heavy atom. The summed E-state index contributed by atoms with van der Waals surface area (Å²) in [4.78, 5) is 12.9. The normalized spacial score (nSPS) is 9.12. The highest BCUT2D eigenvalue weighted by molar-refractivity contribution is 14.1. The average molecular weight is 221 g/mol. The summed E-state index contributed by atoms with van der Waals surface area (Å²) in [5, 5.41) is 0. The summed E-state index contributed by atoms with van der Waals surface area (Å²) in [5.41, 5.74) is 0.727. The molecule has 0 saturated heterocycles. The van der Waals surface area contributed by atoms with Crippen molar-refractivity contribution in [3.63, 3.8) is 0 Å². The Morgan fingerprint density at radius 1 is 1.75 bits per heavy atom. The fourth-order valence-corrected chi connectivity index (χ4v) is 0.939. The van der Waals surface area contributed by atoms with Crippen LogP contribution in [0.4, 0.5) is 0 Å². The number of hydrogen-bond donors (Lipinski definition) is 1. The van der Waals surface area contributed by atoms with Gasteiger partial charge < -0.3 is 4.98 Å².